The van der Waals surface area contributed by atoms with Gasteiger partial charge in [0.15, 0.2) is 0 Å². The number of carbonyl (C=O) groups is 1. The summed E-state index contributed by atoms with van der Waals surface area (Å²) >= 11 is 12.0. The Balaban J connectivity index is 2.77. The van der Waals surface area contributed by atoms with Crippen molar-refractivity contribution in [3.63, 3.8) is 0 Å². The Morgan fingerprint density at radius 1 is 1.24 bits per heavy atom. The number of hydrogen-bond donors (Lipinski definition) is 1. The van der Waals surface area contributed by atoms with Gasteiger partial charge in [0.2, 0.25) is 5.91 Å². The predicted molar refractivity (Wildman–Crippen MR) is 89.6 cm³/mol. The molecule has 2 N–H and O–H groups in total. The number of amides is 1. The van der Waals surface area contributed by atoms with Gasteiger partial charge < -0.3 is 10.6 Å². The van der Waals surface area contributed by atoms with E-state index in [1.54, 1.807) is 18.0 Å². The summed E-state index contributed by atoms with van der Waals surface area (Å²) in [6.45, 7) is 7.16. The van der Waals surface area contributed by atoms with Gasteiger partial charge in [-0.15, -0.1) is 0 Å². The van der Waals surface area contributed by atoms with Gasteiger partial charge in [0.05, 0.1) is 5.92 Å². The van der Waals surface area contributed by atoms with Crippen LogP contribution in [0.5, 0.6) is 0 Å². The first-order valence-corrected chi connectivity index (χ1v) is 7.78. The zero-order chi connectivity index (χ0) is 16.2. The number of rotatable bonds is 5. The zero-order valence-corrected chi connectivity index (χ0v) is 14.6. The molecule has 0 saturated heterocycles. The highest BCUT2D eigenvalue weighted by Gasteiger charge is 2.26. The number of benzene rings is 1. The molecule has 0 aliphatic heterocycles. The topological polar surface area (TPSA) is 46.3 Å². The Kier molecular flexibility index (Phi) is 6.51. The van der Waals surface area contributed by atoms with Crippen molar-refractivity contribution in [2.75, 3.05) is 13.6 Å². The first kappa shape index (κ1) is 18.3. The second kappa shape index (κ2) is 7.48. The number of halogens is 2. The van der Waals surface area contributed by atoms with Crippen LogP contribution in [0.1, 0.15) is 32.8 Å². The van der Waals surface area contributed by atoms with Gasteiger partial charge >= 0.3 is 0 Å². The minimum atomic E-state index is -0.162. The van der Waals surface area contributed by atoms with Crippen molar-refractivity contribution in [2.24, 2.45) is 17.1 Å². The van der Waals surface area contributed by atoms with Crippen LogP contribution in [0.2, 0.25) is 10.0 Å². The molecule has 0 radical (unpaired) electrons. The molecule has 0 aliphatic rings. The van der Waals surface area contributed by atoms with E-state index in [0.717, 1.165) is 12.0 Å². The lowest BCUT2D eigenvalue weighted by atomic mass is 9.84. The largest absolute Gasteiger partial charge is 0.341 e. The van der Waals surface area contributed by atoms with E-state index in [4.69, 9.17) is 28.9 Å². The number of nitrogens with two attached hydrogens (primary N) is 1. The van der Waals surface area contributed by atoms with Crippen molar-refractivity contribution in [2.45, 2.75) is 33.7 Å². The molecule has 3 nitrogen and oxygen atoms in total. The summed E-state index contributed by atoms with van der Waals surface area (Å²) in [7, 11) is 1.78. The van der Waals surface area contributed by atoms with E-state index < -0.39 is 0 Å². The van der Waals surface area contributed by atoms with Crippen LogP contribution in [-0.4, -0.2) is 24.4 Å². The molecule has 0 saturated carbocycles. The Morgan fingerprint density at radius 3 is 2.19 bits per heavy atom. The molecule has 0 fully saturated rings. The standard InChI is InChI=1S/C16H24Cl2N2O/c1-16(2,3)8-12(9-19)15(21)20(4)10-11-5-13(17)7-14(18)6-11/h5-7,12H,8-10,19H2,1-4H3. The first-order valence-electron chi connectivity index (χ1n) is 7.02. The van der Waals surface area contributed by atoms with Gasteiger partial charge in [-0.25, -0.2) is 0 Å². The van der Waals surface area contributed by atoms with Crippen molar-refractivity contribution in [1.29, 1.82) is 0 Å². The molecule has 0 heterocycles. The lowest BCUT2D eigenvalue weighted by molar-refractivity contribution is -0.135. The molecular formula is C16H24Cl2N2O. The minimum Gasteiger partial charge on any atom is -0.341 e. The maximum Gasteiger partial charge on any atom is 0.227 e. The second-order valence-electron chi connectivity index (χ2n) is 6.67. The van der Waals surface area contributed by atoms with Gasteiger partial charge in [-0.05, 0) is 35.6 Å². The molecule has 1 unspecified atom stereocenters. The normalized spacial score (nSPS) is 13.1. The molecule has 1 atom stereocenters. The maximum absolute atomic E-state index is 12.5. The highest BCUT2D eigenvalue weighted by molar-refractivity contribution is 6.34. The van der Waals surface area contributed by atoms with Gasteiger partial charge in [0.25, 0.3) is 0 Å². The van der Waals surface area contributed by atoms with Crippen LogP contribution in [0.15, 0.2) is 18.2 Å². The Bertz CT molecular complexity index is 477. The van der Waals surface area contributed by atoms with Crippen LogP contribution >= 0.6 is 23.2 Å². The summed E-state index contributed by atoms with van der Waals surface area (Å²) in [6.07, 6.45) is 0.767. The molecule has 5 heteroatoms. The predicted octanol–water partition coefficient (Wildman–Crippen LogP) is 3.96. The van der Waals surface area contributed by atoms with Gasteiger partial charge in [0, 0.05) is 30.2 Å². The smallest absolute Gasteiger partial charge is 0.227 e. The van der Waals surface area contributed by atoms with Crippen LogP contribution in [0.3, 0.4) is 0 Å². The third-order valence-corrected chi connectivity index (χ3v) is 3.65. The summed E-state index contributed by atoms with van der Waals surface area (Å²) < 4.78 is 0. The molecule has 1 rings (SSSR count). The number of hydrogen-bond acceptors (Lipinski definition) is 2. The molecule has 1 aromatic rings. The van der Waals surface area contributed by atoms with Crippen LogP contribution in [0.25, 0.3) is 0 Å². The average Bonchev–Trinajstić information content (AvgIpc) is 2.32. The van der Waals surface area contributed by atoms with E-state index >= 15 is 0 Å². The fourth-order valence-corrected chi connectivity index (χ4v) is 2.95. The summed E-state index contributed by atoms with van der Waals surface area (Å²) in [5.41, 5.74) is 6.75. The van der Waals surface area contributed by atoms with Crippen LogP contribution < -0.4 is 5.73 Å². The van der Waals surface area contributed by atoms with Gasteiger partial charge in [-0.3, -0.25) is 4.79 Å². The quantitative estimate of drug-likeness (QED) is 0.888. The van der Waals surface area contributed by atoms with E-state index in [1.165, 1.54) is 0 Å². The zero-order valence-electron chi connectivity index (χ0n) is 13.1. The summed E-state index contributed by atoms with van der Waals surface area (Å²) in [4.78, 5) is 14.2. The summed E-state index contributed by atoms with van der Waals surface area (Å²) in [5.74, 6) is -0.104. The molecule has 1 aromatic carbocycles. The highest BCUT2D eigenvalue weighted by atomic mass is 35.5. The lowest BCUT2D eigenvalue weighted by Gasteiger charge is -2.28. The molecule has 0 aromatic heterocycles. The van der Waals surface area contributed by atoms with E-state index in [-0.39, 0.29) is 17.2 Å². The first-order chi connectivity index (χ1) is 9.62. The third kappa shape index (κ3) is 6.25. The van der Waals surface area contributed by atoms with Crippen molar-refractivity contribution >= 4 is 29.1 Å². The lowest BCUT2D eigenvalue weighted by Crippen LogP contribution is -2.38. The van der Waals surface area contributed by atoms with E-state index in [1.807, 2.05) is 12.1 Å². The van der Waals surface area contributed by atoms with Crippen LogP contribution in [0.4, 0.5) is 0 Å². The number of carbonyl (C=O) groups excluding carboxylic acids is 1. The second-order valence-corrected chi connectivity index (χ2v) is 7.54. The molecule has 1 amide bonds. The van der Waals surface area contributed by atoms with Gasteiger partial charge in [-0.1, -0.05) is 44.0 Å². The fourth-order valence-electron chi connectivity index (χ4n) is 2.38. The van der Waals surface area contributed by atoms with Crippen molar-refractivity contribution < 1.29 is 4.79 Å². The minimum absolute atomic E-state index is 0.0588. The van der Waals surface area contributed by atoms with Gasteiger partial charge in [0.1, 0.15) is 0 Å². The molecular weight excluding hydrogens is 307 g/mol. The molecule has 0 aliphatic carbocycles. The monoisotopic (exact) mass is 330 g/mol. The molecule has 0 spiro atoms. The summed E-state index contributed by atoms with van der Waals surface area (Å²) in [6, 6.07) is 5.31. The number of nitrogens with zero attached hydrogens (tertiary/aromatic N) is 1. The van der Waals surface area contributed by atoms with Crippen LogP contribution in [0, 0.1) is 11.3 Å². The average molecular weight is 331 g/mol. The summed E-state index contributed by atoms with van der Waals surface area (Å²) in [5, 5.41) is 1.15. The maximum atomic E-state index is 12.5. The van der Waals surface area contributed by atoms with Crippen molar-refractivity contribution in [1.82, 2.24) is 4.90 Å². The van der Waals surface area contributed by atoms with E-state index in [9.17, 15) is 4.79 Å². The van der Waals surface area contributed by atoms with E-state index in [0.29, 0.717) is 23.1 Å². The van der Waals surface area contributed by atoms with Crippen LogP contribution in [-0.2, 0) is 11.3 Å². The highest BCUT2D eigenvalue weighted by Crippen LogP contribution is 2.26. The van der Waals surface area contributed by atoms with Crippen molar-refractivity contribution in [3.05, 3.63) is 33.8 Å². The van der Waals surface area contributed by atoms with Crippen molar-refractivity contribution in [3.8, 4) is 0 Å². The Labute approximate surface area is 137 Å². The Morgan fingerprint density at radius 2 is 1.76 bits per heavy atom. The SMILES string of the molecule is CN(Cc1cc(Cl)cc(Cl)c1)C(=O)C(CN)CC(C)(C)C. The molecule has 118 valence electrons. The molecule has 21 heavy (non-hydrogen) atoms. The molecule has 0 bridgehead atoms. The Hall–Kier alpha value is -0.770. The van der Waals surface area contributed by atoms with Gasteiger partial charge in [-0.2, -0.15) is 0 Å². The third-order valence-electron chi connectivity index (χ3n) is 3.21. The van der Waals surface area contributed by atoms with E-state index in [2.05, 4.69) is 20.8 Å². The fraction of sp³-hybridized carbons (Fsp3) is 0.562.